The van der Waals surface area contributed by atoms with E-state index in [0.29, 0.717) is 0 Å². The van der Waals surface area contributed by atoms with Crippen molar-refractivity contribution in [3.8, 4) is 0 Å². The minimum atomic E-state index is -0.511. The third-order valence-corrected chi connectivity index (χ3v) is 3.99. The van der Waals surface area contributed by atoms with Crippen LogP contribution in [0.2, 0.25) is 0 Å². The summed E-state index contributed by atoms with van der Waals surface area (Å²) in [6, 6.07) is 4.32. The molecule has 0 heterocycles. The maximum atomic E-state index is 13.3. The zero-order valence-electron chi connectivity index (χ0n) is 9.17. The van der Waals surface area contributed by atoms with Crippen LogP contribution in [0.3, 0.4) is 0 Å². The summed E-state index contributed by atoms with van der Waals surface area (Å²) in [5.74, 6) is -0.825. The highest BCUT2D eigenvalue weighted by Crippen LogP contribution is 2.32. The van der Waals surface area contributed by atoms with Gasteiger partial charge in [-0.25, -0.2) is 4.39 Å². The first kappa shape index (κ1) is 12.5. The SMILES string of the molecule is O=C(NC1(CO)CCC1)c1cccc(F)c1Br. The van der Waals surface area contributed by atoms with E-state index in [1.54, 1.807) is 6.07 Å². The van der Waals surface area contributed by atoms with Crippen LogP contribution in [-0.2, 0) is 0 Å². The molecule has 0 bridgehead atoms. The fourth-order valence-electron chi connectivity index (χ4n) is 1.91. The Morgan fingerprint density at radius 3 is 2.76 bits per heavy atom. The van der Waals surface area contributed by atoms with E-state index in [1.165, 1.54) is 12.1 Å². The van der Waals surface area contributed by atoms with Gasteiger partial charge in [0.2, 0.25) is 0 Å². The first-order chi connectivity index (χ1) is 8.08. The molecule has 0 aromatic heterocycles. The van der Waals surface area contributed by atoms with Gasteiger partial charge in [-0.05, 0) is 47.3 Å². The number of rotatable bonds is 3. The van der Waals surface area contributed by atoms with E-state index in [4.69, 9.17) is 0 Å². The minimum absolute atomic E-state index is 0.0777. The molecule has 0 aliphatic heterocycles. The van der Waals surface area contributed by atoms with Crippen molar-refractivity contribution in [2.24, 2.45) is 0 Å². The van der Waals surface area contributed by atoms with Crippen LogP contribution in [0.5, 0.6) is 0 Å². The molecule has 0 radical (unpaired) electrons. The van der Waals surface area contributed by atoms with Crippen molar-refractivity contribution in [2.45, 2.75) is 24.8 Å². The lowest BCUT2D eigenvalue weighted by molar-refractivity contribution is 0.0640. The Labute approximate surface area is 107 Å². The van der Waals surface area contributed by atoms with Gasteiger partial charge in [-0.3, -0.25) is 4.79 Å². The molecule has 2 rings (SSSR count). The van der Waals surface area contributed by atoms with E-state index in [9.17, 15) is 14.3 Å². The number of aliphatic hydroxyl groups excluding tert-OH is 1. The predicted octanol–water partition coefficient (Wildman–Crippen LogP) is 2.23. The molecule has 0 unspecified atom stereocenters. The predicted molar refractivity (Wildman–Crippen MR) is 65.2 cm³/mol. The average Bonchev–Trinajstić information content (AvgIpc) is 2.27. The second-order valence-corrected chi connectivity index (χ2v) is 5.14. The lowest BCUT2D eigenvalue weighted by atomic mass is 9.77. The van der Waals surface area contributed by atoms with Crippen LogP contribution in [0.25, 0.3) is 0 Å². The van der Waals surface area contributed by atoms with Crippen LogP contribution in [0, 0.1) is 5.82 Å². The summed E-state index contributed by atoms with van der Waals surface area (Å²) in [7, 11) is 0. The fraction of sp³-hybridized carbons (Fsp3) is 0.417. The molecule has 1 aromatic rings. The van der Waals surface area contributed by atoms with Gasteiger partial charge in [-0.2, -0.15) is 0 Å². The molecular formula is C12H13BrFNO2. The van der Waals surface area contributed by atoms with Gasteiger partial charge in [0, 0.05) is 0 Å². The molecule has 0 atom stereocenters. The molecule has 1 fully saturated rings. The Kier molecular flexibility index (Phi) is 3.49. The molecule has 0 spiro atoms. The van der Waals surface area contributed by atoms with Crippen molar-refractivity contribution >= 4 is 21.8 Å². The maximum absolute atomic E-state index is 13.3. The van der Waals surface area contributed by atoms with Gasteiger partial charge < -0.3 is 10.4 Å². The zero-order valence-corrected chi connectivity index (χ0v) is 10.8. The molecular weight excluding hydrogens is 289 g/mol. The molecule has 1 amide bonds. The van der Waals surface area contributed by atoms with Gasteiger partial charge in [0.25, 0.3) is 5.91 Å². The van der Waals surface area contributed by atoms with Crippen LogP contribution >= 0.6 is 15.9 Å². The van der Waals surface area contributed by atoms with Crippen molar-refractivity contribution in [2.75, 3.05) is 6.61 Å². The first-order valence-electron chi connectivity index (χ1n) is 5.45. The number of nitrogens with one attached hydrogen (secondary N) is 1. The minimum Gasteiger partial charge on any atom is -0.394 e. The largest absolute Gasteiger partial charge is 0.394 e. The standard InChI is InChI=1S/C12H13BrFNO2/c13-10-8(3-1-4-9(10)14)11(17)15-12(7-16)5-2-6-12/h1,3-4,16H,2,5-7H2,(H,15,17). The number of benzene rings is 1. The normalized spacial score (nSPS) is 17.4. The number of halogens is 2. The van der Waals surface area contributed by atoms with Crippen LogP contribution in [0.15, 0.2) is 22.7 Å². The van der Waals surface area contributed by atoms with Crippen LogP contribution in [-0.4, -0.2) is 23.2 Å². The van der Waals surface area contributed by atoms with E-state index >= 15 is 0 Å². The molecule has 3 nitrogen and oxygen atoms in total. The Balaban J connectivity index is 2.17. The fourth-order valence-corrected chi connectivity index (χ4v) is 2.36. The summed E-state index contributed by atoms with van der Waals surface area (Å²) < 4.78 is 13.4. The zero-order chi connectivity index (χ0) is 12.5. The highest BCUT2D eigenvalue weighted by atomic mass is 79.9. The molecule has 1 aliphatic rings. The van der Waals surface area contributed by atoms with E-state index in [0.717, 1.165) is 19.3 Å². The topological polar surface area (TPSA) is 49.3 Å². The highest BCUT2D eigenvalue weighted by molar-refractivity contribution is 9.10. The quantitative estimate of drug-likeness (QED) is 0.899. The van der Waals surface area contributed by atoms with Crippen molar-refractivity contribution in [1.82, 2.24) is 5.32 Å². The number of hydrogen-bond acceptors (Lipinski definition) is 2. The molecule has 1 aliphatic carbocycles. The Bertz CT molecular complexity index is 441. The van der Waals surface area contributed by atoms with Gasteiger partial charge >= 0.3 is 0 Å². The van der Waals surface area contributed by atoms with E-state index in [2.05, 4.69) is 21.2 Å². The van der Waals surface area contributed by atoms with Crippen LogP contribution < -0.4 is 5.32 Å². The van der Waals surface area contributed by atoms with Crippen molar-refractivity contribution in [3.63, 3.8) is 0 Å². The van der Waals surface area contributed by atoms with E-state index < -0.39 is 11.4 Å². The van der Waals surface area contributed by atoms with Crippen molar-refractivity contribution in [3.05, 3.63) is 34.1 Å². The van der Waals surface area contributed by atoms with Gasteiger partial charge in [0.15, 0.2) is 0 Å². The van der Waals surface area contributed by atoms with Crippen LogP contribution in [0.1, 0.15) is 29.6 Å². The number of hydrogen-bond donors (Lipinski definition) is 2. The first-order valence-corrected chi connectivity index (χ1v) is 6.25. The highest BCUT2D eigenvalue weighted by Gasteiger charge is 2.38. The molecule has 2 N–H and O–H groups in total. The van der Waals surface area contributed by atoms with Crippen molar-refractivity contribution < 1.29 is 14.3 Å². The Morgan fingerprint density at radius 2 is 2.24 bits per heavy atom. The summed E-state index contributed by atoms with van der Waals surface area (Å²) >= 11 is 3.05. The number of carbonyl (C=O) groups is 1. The third-order valence-electron chi connectivity index (χ3n) is 3.19. The van der Waals surface area contributed by atoms with Gasteiger partial charge in [0.05, 0.1) is 22.2 Å². The number of amides is 1. The summed E-state index contributed by atoms with van der Waals surface area (Å²) in [5, 5.41) is 12.0. The number of carbonyl (C=O) groups excluding carboxylic acids is 1. The second kappa shape index (κ2) is 4.74. The third kappa shape index (κ3) is 2.35. The summed E-state index contributed by atoms with van der Waals surface area (Å²) in [4.78, 5) is 12.0. The Hall–Kier alpha value is -0.940. The van der Waals surface area contributed by atoms with Crippen molar-refractivity contribution in [1.29, 1.82) is 0 Å². The molecule has 17 heavy (non-hydrogen) atoms. The van der Waals surface area contributed by atoms with Gasteiger partial charge in [-0.15, -0.1) is 0 Å². The summed E-state index contributed by atoms with van der Waals surface area (Å²) in [5.41, 5.74) is -0.257. The summed E-state index contributed by atoms with van der Waals surface area (Å²) in [6.45, 7) is -0.0777. The molecule has 0 saturated heterocycles. The second-order valence-electron chi connectivity index (χ2n) is 4.35. The van der Waals surface area contributed by atoms with E-state index in [1.807, 2.05) is 0 Å². The van der Waals surface area contributed by atoms with Gasteiger partial charge in [0.1, 0.15) is 5.82 Å². The molecule has 1 aromatic carbocycles. The smallest absolute Gasteiger partial charge is 0.253 e. The molecule has 1 saturated carbocycles. The van der Waals surface area contributed by atoms with Gasteiger partial charge in [-0.1, -0.05) is 6.07 Å². The molecule has 5 heteroatoms. The summed E-state index contributed by atoms with van der Waals surface area (Å²) in [6.07, 6.45) is 2.52. The maximum Gasteiger partial charge on any atom is 0.253 e. The number of aliphatic hydroxyl groups is 1. The average molecular weight is 302 g/mol. The van der Waals surface area contributed by atoms with E-state index in [-0.39, 0.29) is 22.6 Å². The monoisotopic (exact) mass is 301 g/mol. The molecule has 92 valence electrons. The van der Waals surface area contributed by atoms with Crippen LogP contribution in [0.4, 0.5) is 4.39 Å². The lowest BCUT2D eigenvalue weighted by Gasteiger charge is -2.41. The lowest BCUT2D eigenvalue weighted by Crippen LogP contribution is -2.56. The Morgan fingerprint density at radius 1 is 1.53 bits per heavy atom.